The van der Waals surface area contributed by atoms with Gasteiger partial charge in [-0.3, -0.25) is 0 Å². The van der Waals surface area contributed by atoms with Crippen molar-refractivity contribution in [3.8, 4) is 0 Å². The second-order valence-electron chi connectivity index (χ2n) is 4.90. The summed E-state index contributed by atoms with van der Waals surface area (Å²) >= 11 is 0. The first-order valence-electron chi connectivity index (χ1n) is 6.20. The molecule has 0 amide bonds. The summed E-state index contributed by atoms with van der Waals surface area (Å²) in [7, 11) is -1.60. The Kier molecular flexibility index (Phi) is 5.85. The third-order valence-electron chi connectivity index (χ3n) is 3.53. The highest BCUT2D eigenvalue weighted by Gasteiger charge is 2.33. The van der Waals surface area contributed by atoms with E-state index in [0.717, 1.165) is 25.7 Å². The number of sulfonamides is 1. The van der Waals surface area contributed by atoms with Gasteiger partial charge in [0.05, 0.1) is 5.75 Å². The van der Waals surface area contributed by atoms with E-state index < -0.39 is 10.0 Å². The van der Waals surface area contributed by atoms with E-state index >= 15 is 0 Å². The maximum absolute atomic E-state index is 11.7. The number of rotatable bonds is 8. The van der Waals surface area contributed by atoms with E-state index in [1.54, 1.807) is 7.11 Å². The minimum absolute atomic E-state index is 0.00563. The quantitative estimate of drug-likeness (QED) is 0.624. The molecule has 5 nitrogen and oxygen atoms in total. The molecule has 0 saturated heterocycles. The molecule has 0 spiro atoms. The summed E-state index contributed by atoms with van der Waals surface area (Å²) in [6.45, 7) is 1.52. The molecule has 1 aliphatic rings. The molecule has 0 aliphatic heterocycles. The minimum Gasteiger partial charge on any atom is -0.385 e. The summed E-state index contributed by atoms with van der Waals surface area (Å²) in [6, 6.07) is 0. The SMILES string of the molecule is COCCCS(=O)(=O)NCC1(CN)CCCC1. The van der Waals surface area contributed by atoms with Gasteiger partial charge in [-0.2, -0.15) is 0 Å². The van der Waals surface area contributed by atoms with Crippen LogP contribution >= 0.6 is 0 Å². The van der Waals surface area contributed by atoms with Crippen molar-refractivity contribution in [1.82, 2.24) is 4.72 Å². The Morgan fingerprint density at radius 3 is 2.53 bits per heavy atom. The van der Waals surface area contributed by atoms with Crippen LogP contribution in [-0.2, 0) is 14.8 Å². The first-order chi connectivity index (χ1) is 8.04. The van der Waals surface area contributed by atoms with Crippen molar-refractivity contribution >= 4 is 10.0 Å². The third kappa shape index (κ3) is 4.91. The first-order valence-corrected chi connectivity index (χ1v) is 7.85. The van der Waals surface area contributed by atoms with E-state index in [4.69, 9.17) is 10.5 Å². The van der Waals surface area contributed by atoms with Gasteiger partial charge in [0.25, 0.3) is 0 Å². The molecule has 0 bridgehead atoms. The number of ether oxygens (including phenoxy) is 1. The van der Waals surface area contributed by atoms with E-state index in [1.165, 1.54) is 0 Å². The molecule has 1 rings (SSSR count). The van der Waals surface area contributed by atoms with Gasteiger partial charge < -0.3 is 10.5 Å². The number of hydrogen-bond donors (Lipinski definition) is 2. The van der Waals surface area contributed by atoms with E-state index in [1.807, 2.05) is 0 Å². The fourth-order valence-electron chi connectivity index (χ4n) is 2.31. The lowest BCUT2D eigenvalue weighted by atomic mass is 9.87. The average Bonchev–Trinajstić information content (AvgIpc) is 2.76. The Morgan fingerprint density at radius 2 is 2.00 bits per heavy atom. The molecule has 0 atom stereocenters. The van der Waals surface area contributed by atoms with E-state index in [9.17, 15) is 8.42 Å². The van der Waals surface area contributed by atoms with Crippen LogP contribution in [0, 0.1) is 5.41 Å². The summed E-state index contributed by atoms with van der Waals surface area (Å²) in [5, 5.41) is 0. The minimum atomic E-state index is -3.18. The molecular formula is C11H24N2O3S. The fraction of sp³-hybridized carbons (Fsp3) is 1.00. The Bertz CT molecular complexity index is 311. The van der Waals surface area contributed by atoms with Crippen molar-refractivity contribution in [2.45, 2.75) is 32.1 Å². The predicted octanol–water partition coefficient (Wildman–Crippen LogP) is 0.461. The molecule has 102 valence electrons. The third-order valence-corrected chi connectivity index (χ3v) is 4.94. The number of methoxy groups -OCH3 is 1. The largest absolute Gasteiger partial charge is 0.385 e. The zero-order valence-corrected chi connectivity index (χ0v) is 11.4. The molecule has 3 N–H and O–H groups in total. The van der Waals surface area contributed by atoms with Gasteiger partial charge in [0.15, 0.2) is 0 Å². The standard InChI is InChI=1S/C11H24N2O3S/c1-16-7-4-8-17(14,15)13-10-11(9-12)5-2-3-6-11/h13H,2-10,12H2,1H3. The van der Waals surface area contributed by atoms with Gasteiger partial charge in [0, 0.05) is 20.3 Å². The van der Waals surface area contributed by atoms with Crippen LogP contribution in [-0.4, -0.2) is 41.0 Å². The van der Waals surface area contributed by atoms with Gasteiger partial charge in [-0.1, -0.05) is 12.8 Å². The smallest absolute Gasteiger partial charge is 0.211 e. The molecular weight excluding hydrogens is 240 g/mol. The molecule has 0 radical (unpaired) electrons. The highest BCUT2D eigenvalue weighted by atomic mass is 32.2. The summed E-state index contributed by atoms with van der Waals surface area (Å²) in [6.07, 6.45) is 4.90. The van der Waals surface area contributed by atoms with E-state index in [0.29, 0.717) is 26.1 Å². The number of nitrogens with one attached hydrogen (secondary N) is 1. The Labute approximate surface area is 104 Å². The van der Waals surface area contributed by atoms with Gasteiger partial charge >= 0.3 is 0 Å². The fourth-order valence-corrected chi connectivity index (χ4v) is 3.47. The molecule has 0 heterocycles. The molecule has 1 fully saturated rings. The molecule has 1 aliphatic carbocycles. The molecule has 0 aromatic carbocycles. The number of nitrogens with two attached hydrogens (primary N) is 1. The van der Waals surface area contributed by atoms with Crippen LogP contribution in [0.4, 0.5) is 0 Å². The van der Waals surface area contributed by atoms with Crippen LogP contribution in [0.3, 0.4) is 0 Å². The second-order valence-corrected chi connectivity index (χ2v) is 6.82. The summed E-state index contributed by atoms with van der Waals surface area (Å²) < 4.78 is 31.0. The average molecular weight is 264 g/mol. The van der Waals surface area contributed by atoms with Gasteiger partial charge in [0.1, 0.15) is 0 Å². The lowest BCUT2D eigenvalue weighted by Gasteiger charge is -2.27. The maximum Gasteiger partial charge on any atom is 0.211 e. The summed E-state index contributed by atoms with van der Waals surface area (Å²) in [5.74, 6) is 0.126. The lowest BCUT2D eigenvalue weighted by molar-refractivity contribution is 0.199. The van der Waals surface area contributed by atoms with Crippen molar-refractivity contribution < 1.29 is 13.2 Å². The van der Waals surface area contributed by atoms with Crippen molar-refractivity contribution in [3.63, 3.8) is 0 Å². The van der Waals surface area contributed by atoms with Crippen LogP contribution in [0.1, 0.15) is 32.1 Å². The zero-order valence-electron chi connectivity index (χ0n) is 10.6. The van der Waals surface area contributed by atoms with Crippen LogP contribution in [0.25, 0.3) is 0 Å². The number of hydrogen-bond acceptors (Lipinski definition) is 4. The Morgan fingerprint density at radius 1 is 1.35 bits per heavy atom. The maximum atomic E-state index is 11.7. The van der Waals surface area contributed by atoms with Crippen LogP contribution < -0.4 is 10.5 Å². The highest BCUT2D eigenvalue weighted by Crippen LogP contribution is 2.36. The van der Waals surface area contributed by atoms with Crippen molar-refractivity contribution in [2.24, 2.45) is 11.1 Å². The van der Waals surface area contributed by atoms with Gasteiger partial charge in [-0.05, 0) is 31.2 Å². The molecule has 1 saturated carbocycles. The molecule has 0 aromatic rings. The molecule has 17 heavy (non-hydrogen) atoms. The van der Waals surface area contributed by atoms with E-state index in [2.05, 4.69) is 4.72 Å². The first kappa shape index (κ1) is 14.9. The zero-order chi connectivity index (χ0) is 12.8. The van der Waals surface area contributed by atoms with Crippen LogP contribution in [0.2, 0.25) is 0 Å². The monoisotopic (exact) mass is 264 g/mol. The lowest BCUT2D eigenvalue weighted by Crippen LogP contribution is -2.41. The summed E-state index contributed by atoms with van der Waals surface area (Å²) in [5.41, 5.74) is 5.76. The van der Waals surface area contributed by atoms with Gasteiger partial charge in [-0.15, -0.1) is 0 Å². The molecule has 0 aromatic heterocycles. The Hall–Kier alpha value is -0.170. The van der Waals surface area contributed by atoms with E-state index in [-0.39, 0.29) is 11.2 Å². The second kappa shape index (κ2) is 6.68. The van der Waals surface area contributed by atoms with Crippen LogP contribution in [0.15, 0.2) is 0 Å². The predicted molar refractivity (Wildman–Crippen MR) is 68.2 cm³/mol. The Balaban J connectivity index is 2.37. The molecule has 0 unspecified atom stereocenters. The summed E-state index contributed by atoms with van der Waals surface area (Å²) in [4.78, 5) is 0. The normalized spacial score (nSPS) is 19.6. The van der Waals surface area contributed by atoms with Gasteiger partial charge in [0.2, 0.25) is 10.0 Å². The van der Waals surface area contributed by atoms with Crippen molar-refractivity contribution in [3.05, 3.63) is 0 Å². The molecule has 6 heteroatoms. The van der Waals surface area contributed by atoms with Crippen molar-refractivity contribution in [2.75, 3.05) is 32.6 Å². The van der Waals surface area contributed by atoms with Crippen LogP contribution in [0.5, 0.6) is 0 Å². The van der Waals surface area contributed by atoms with Crippen molar-refractivity contribution in [1.29, 1.82) is 0 Å². The highest BCUT2D eigenvalue weighted by molar-refractivity contribution is 7.89. The topological polar surface area (TPSA) is 81.4 Å². The van der Waals surface area contributed by atoms with Gasteiger partial charge in [-0.25, -0.2) is 13.1 Å².